The lowest BCUT2D eigenvalue weighted by molar-refractivity contribution is -0.126. The van der Waals surface area contributed by atoms with Crippen molar-refractivity contribution in [3.8, 4) is 28.3 Å². The number of aryl methyl sites for hydroxylation is 1. The van der Waals surface area contributed by atoms with Gasteiger partial charge in [-0.15, -0.1) is 0 Å². The fraction of sp³-hybridized carbons (Fsp3) is 0.290. The Morgan fingerprint density at radius 2 is 2.07 bits per heavy atom. The lowest BCUT2D eigenvalue weighted by atomic mass is 9.99. The molecule has 0 aliphatic carbocycles. The quantitative estimate of drug-likeness (QED) is 0.335. The topological polar surface area (TPSA) is 101 Å². The van der Waals surface area contributed by atoms with E-state index in [0.717, 1.165) is 5.56 Å². The Bertz CT molecular complexity index is 1820. The number of piperazine rings is 1. The molecule has 2 aromatic carbocycles. The molecule has 4 aromatic rings. The first-order valence-electron chi connectivity index (χ1n) is 13.7. The number of aromatic hydroxyl groups is 1. The van der Waals surface area contributed by atoms with E-state index in [4.69, 9.17) is 16.3 Å². The van der Waals surface area contributed by atoms with Crippen molar-refractivity contribution in [1.29, 1.82) is 0 Å². The SMILES string of the molecule is C=CC(=O)N1CCN2c3nc(=O)n(-c4c(C)ccnc4C(C)C)c4cc(-c5c(O)cccc5Cl)c(F)c(c34)OCC2C1. The Morgan fingerprint density at radius 1 is 1.29 bits per heavy atom. The van der Waals surface area contributed by atoms with Crippen LogP contribution >= 0.6 is 11.6 Å². The van der Waals surface area contributed by atoms with E-state index in [-0.39, 0.29) is 58.4 Å². The maximum Gasteiger partial charge on any atom is 0.354 e. The molecule has 2 aromatic heterocycles. The van der Waals surface area contributed by atoms with Gasteiger partial charge >= 0.3 is 5.69 Å². The summed E-state index contributed by atoms with van der Waals surface area (Å²) in [5.74, 6) is -1.06. The summed E-state index contributed by atoms with van der Waals surface area (Å²) in [5, 5.41) is 11.2. The van der Waals surface area contributed by atoms with Gasteiger partial charge in [0.05, 0.1) is 33.3 Å². The zero-order chi connectivity index (χ0) is 29.9. The van der Waals surface area contributed by atoms with Gasteiger partial charge in [0.2, 0.25) is 5.91 Å². The van der Waals surface area contributed by atoms with Crippen LogP contribution in [0.1, 0.15) is 31.0 Å². The first-order valence-corrected chi connectivity index (χ1v) is 14.0. The normalized spacial score (nSPS) is 16.3. The third-order valence-electron chi connectivity index (χ3n) is 7.90. The number of carbonyl (C=O) groups excluding carboxylic acids is 1. The highest BCUT2D eigenvalue weighted by atomic mass is 35.5. The molecule has 1 saturated heterocycles. The van der Waals surface area contributed by atoms with E-state index in [1.807, 2.05) is 25.7 Å². The number of halogens is 2. The third-order valence-corrected chi connectivity index (χ3v) is 8.22. The minimum Gasteiger partial charge on any atom is -0.507 e. The summed E-state index contributed by atoms with van der Waals surface area (Å²) < 4.78 is 24.2. The number of hydrogen-bond donors (Lipinski definition) is 1. The zero-order valence-corrected chi connectivity index (χ0v) is 24.2. The second-order valence-electron chi connectivity index (χ2n) is 10.8. The Kier molecular flexibility index (Phi) is 6.89. The van der Waals surface area contributed by atoms with Crippen molar-refractivity contribution in [3.05, 3.63) is 81.8 Å². The van der Waals surface area contributed by atoms with Crippen molar-refractivity contribution in [2.24, 2.45) is 0 Å². The Hall–Kier alpha value is -4.44. The number of aromatic nitrogens is 3. The molecule has 11 heteroatoms. The molecule has 1 amide bonds. The molecule has 4 heterocycles. The van der Waals surface area contributed by atoms with Crippen molar-refractivity contribution in [2.45, 2.75) is 32.7 Å². The molecule has 9 nitrogen and oxygen atoms in total. The molecule has 42 heavy (non-hydrogen) atoms. The Morgan fingerprint density at radius 3 is 2.79 bits per heavy atom. The Balaban J connectivity index is 1.71. The first-order chi connectivity index (χ1) is 20.1. The molecule has 6 rings (SSSR count). The van der Waals surface area contributed by atoms with E-state index >= 15 is 4.39 Å². The van der Waals surface area contributed by atoms with Crippen LogP contribution in [0.15, 0.2) is 54.0 Å². The summed E-state index contributed by atoms with van der Waals surface area (Å²) in [4.78, 5) is 39.1. The van der Waals surface area contributed by atoms with Crippen LogP contribution in [-0.2, 0) is 4.79 Å². The molecule has 2 aliphatic rings. The number of pyridine rings is 1. The van der Waals surface area contributed by atoms with Crippen LogP contribution in [0.5, 0.6) is 11.5 Å². The monoisotopic (exact) mass is 589 g/mol. The predicted molar refractivity (Wildman–Crippen MR) is 159 cm³/mol. The number of amides is 1. The molecular formula is C31H29ClFN5O4. The number of carbonyl (C=O) groups is 1. The van der Waals surface area contributed by atoms with Crippen molar-refractivity contribution in [2.75, 3.05) is 31.1 Å². The largest absolute Gasteiger partial charge is 0.507 e. The fourth-order valence-electron chi connectivity index (χ4n) is 5.90. The summed E-state index contributed by atoms with van der Waals surface area (Å²) in [5.41, 5.74) is 1.81. The second-order valence-corrected chi connectivity index (χ2v) is 11.2. The van der Waals surface area contributed by atoms with E-state index in [9.17, 15) is 14.7 Å². The number of hydrogen-bond acceptors (Lipinski definition) is 7. The molecule has 1 N–H and O–H groups in total. The number of phenols is 1. The number of fused-ring (bicyclic) bond motifs is 2. The van der Waals surface area contributed by atoms with Crippen LogP contribution in [-0.4, -0.2) is 62.7 Å². The maximum absolute atomic E-state index is 16.6. The number of phenolic OH excluding ortho intramolecular Hbond substituents is 1. The lowest BCUT2D eigenvalue weighted by Gasteiger charge is -2.40. The average Bonchev–Trinajstić information content (AvgIpc) is 3.12. The van der Waals surface area contributed by atoms with Gasteiger partial charge in [0.15, 0.2) is 11.6 Å². The van der Waals surface area contributed by atoms with Crippen molar-refractivity contribution in [3.63, 3.8) is 0 Å². The minimum absolute atomic E-state index is 0.0260. The summed E-state index contributed by atoms with van der Waals surface area (Å²) in [6, 6.07) is 7.45. The molecule has 1 fully saturated rings. The predicted octanol–water partition coefficient (Wildman–Crippen LogP) is 4.97. The smallest absolute Gasteiger partial charge is 0.354 e. The van der Waals surface area contributed by atoms with E-state index in [2.05, 4.69) is 16.5 Å². The Labute approximate surface area is 246 Å². The van der Waals surface area contributed by atoms with Gasteiger partial charge in [0.25, 0.3) is 0 Å². The van der Waals surface area contributed by atoms with Gasteiger partial charge in [0.1, 0.15) is 18.2 Å². The van der Waals surface area contributed by atoms with Crippen molar-refractivity contribution < 1.29 is 19.0 Å². The molecule has 1 atom stereocenters. The van der Waals surface area contributed by atoms with Crippen LogP contribution in [0.3, 0.4) is 0 Å². The van der Waals surface area contributed by atoms with Crippen LogP contribution < -0.4 is 15.3 Å². The summed E-state index contributed by atoms with van der Waals surface area (Å²) >= 11 is 6.49. The van der Waals surface area contributed by atoms with Crippen LogP contribution in [0.2, 0.25) is 5.02 Å². The van der Waals surface area contributed by atoms with E-state index in [1.54, 1.807) is 29.3 Å². The molecule has 0 saturated carbocycles. The highest BCUT2D eigenvalue weighted by Gasteiger charge is 2.37. The van der Waals surface area contributed by atoms with Crippen molar-refractivity contribution in [1.82, 2.24) is 19.4 Å². The molecular weight excluding hydrogens is 561 g/mol. The zero-order valence-electron chi connectivity index (χ0n) is 23.4. The molecule has 216 valence electrons. The fourth-order valence-corrected chi connectivity index (χ4v) is 6.18. The van der Waals surface area contributed by atoms with Crippen LogP contribution in [0, 0.1) is 12.7 Å². The van der Waals surface area contributed by atoms with E-state index < -0.39 is 17.5 Å². The minimum atomic E-state index is -0.745. The number of rotatable bonds is 4. The summed E-state index contributed by atoms with van der Waals surface area (Å²) in [6.07, 6.45) is 2.94. The lowest BCUT2D eigenvalue weighted by Crippen LogP contribution is -2.56. The van der Waals surface area contributed by atoms with Gasteiger partial charge in [-0.25, -0.2) is 9.18 Å². The van der Waals surface area contributed by atoms with Gasteiger partial charge in [0, 0.05) is 37.0 Å². The molecule has 0 radical (unpaired) electrons. The first kappa shape index (κ1) is 27.7. The van der Waals surface area contributed by atoms with E-state index in [1.165, 1.54) is 22.8 Å². The molecule has 1 unspecified atom stereocenters. The number of nitrogens with zero attached hydrogens (tertiary/aromatic N) is 5. The standard InChI is InChI=1S/C31H29ClFN5O4/c1-5-23(40)36-11-12-37-18(14-36)15-42-29-25-21(13-19(26(29)33)24-20(32)7-6-8-22(24)39)38(31(41)35-30(25)37)28-17(4)9-10-34-27(28)16(2)3/h5-10,13,16,18,39H,1,11-12,14-15H2,2-4H3. The molecule has 0 bridgehead atoms. The van der Waals surface area contributed by atoms with Gasteiger partial charge < -0.3 is 19.6 Å². The van der Waals surface area contributed by atoms with Crippen LogP contribution in [0.4, 0.5) is 10.2 Å². The van der Waals surface area contributed by atoms with Crippen molar-refractivity contribution >= 4 is 34.2 Å². The van der Waals surface area contributed by atoms with Gasteiger partial charge in [-0.05, 0) is 48.7 Å². The van der Waals surface area contributed by atoms with Gasteiger partial charge in [-0.1, -0.05) is 38.1 Å². The summed E-state index contributed by atoms with van der Waals surface area (Å²) in [6.45, 7) is 10.5. The molecule has 0 spiro atoms. The van der Waals surface area contributed by atoms with Gasteiger partial charge in [-0.2, -0.15) is 4.98 Å². The highest BCUT2D eigenvalue weighted by Crippen LogP contribution is 2.46. The van der Waals surface area contributed by atoms with E-state index in [0.29, 0.717) is 35.4 Å². The number of benzene rings is 2. The number of ether oxygens (including phenoxy) is 1. The number of anilines is 1. The summed E-state index contributed by atoms with van der Waals surface area (Å²) in [7, 11) is 0. The highest BCUT2D eigenvalue weighted by molar-refractivity contribution is 6.33. The molecule has 2 aliphatic heterocycles. The second kappa shape index (κ2) is 10.4. The average molecular weight is 590 g/mol. The maximum atomic E-state index is 16.6. The van der Waals surface area contributed by atoms with Gasteiger partial charge in [-0.3, -0.25) is 14.3 Å². The third kappa shape index (κ3) is 4.28. The van der Waals surface area contributed by atoms with Crippen LogP contribution in [0.25, 0.3) is 27.7 Å².